The predicted octanol–water partition coefficient (Wildman–Crippen LogP) is 2.39. The van der Waals surface area contributed by atoms with E-state index in [1.54, 1.807) is 19.0 Å². The Bertz CT molecular complexity index is 520. The molecule has 1 aromatic heterocycles. The monoisotopic (exact) mass is 337 g/mol. The summed E-state index contributed by atoms with van der Waals surface area (Å²) in [5, 5.41) is 5.16. The van der Waals surface area contributed by atoms with Crippen LogP contribution in [-0.2, 0) is 11.3 Å². The topological polar surface area (TPSA) is 44.8 Å². The maximum absolute atomic E-state index is 11.7. The highest BCUT2D eigenvalue weighted by Gasteiger charge is 2.47. The molecular formula is C17H27N3O2S. The summed E-state index contributed by atoms with van der Waals surface area (Å²) in [6.45, 7) is 4.81. The summed E-state index contributed by atoms with van der Waals surface area (Å²) < 4.78 is 6.00. The maximum Gasteiger partial charge on any atom is 0.316 e. The van der Waals surface area contributed by atoms with Crippen molar-refractivity contribution in [3.8, 4) is 0 Å². The van der Waals surface area contributed by atoms with Gasteiger partial charge < -0.3 is 15.0 Å². The molecule has 3 heterocycles. The quantitative estimate of drug-likeness (QED) is 0.897. The normalized spacial score (nSPS) is 27.7. The van der Waals surface area contributed by atoms with Crippen LogP contribution in [0.1, 0.15) is 24.1 Å². The molecular weight excluding hydrogens is 310 g/mol. The van der Waals surface area contributed by atoms with Crippen molar-refractivity contribution < 1.29 is 9.53 Å². The molecule has 2 fully saturated rings. The van der Waals surface area contributed by atoms with Crippen LogP contribution in [-0.4, -0.2) is 62.3 Å². The highest BCUT2D eigenvalue weighted by atomic mass is 32.1. The fourth-order valence-corrected chi connectivity index (χ4v) is 4.58. The van der Waals surface area contributed by atoms with Crippen LogP contribution < -0.4 is 5.32 Å². The molecule has 5 nitrogen and oxygen atoms in total. The van der Waals surface area contributed by atoms with Crippen LogP contribution in [0.5, 0.6) is 0 Å². The van der Waals surface area contributed by atoms with E-state index < -0.39 is 0 Å². The van der Waals surface area contributed by atoms with Gasteiger partial charge in [-0.05, 0) is 30.7 Å². The first-order valence-electron chi connectivity index (χ1n) is 8.41. The van der Waals surface area contributed by atoms with Crippen molar-refractivity contribution in [1.29, 1.82) is 0 Å². The molecule has 0 radical (unpaired) electrons. The third kappa shape index (κ3) is 3.87. The number of rotatable bonds is 5. The summed E-state index contributed by atoms with van der Waals surface area (Å²) in [6, 6.07) is 4.33. The minimum atomic E-state index is -0.0110. The molecule has 128 valence electrons. The lowest BCUT2D eigenvalue weighted by molar-refractivity contribution is -0.0237. The van der Waals surface area contributed by atoms with Gasteiger partial charge in [0, 0.05) is 57.2 Å². The maximum atomic E-state index is 11.7. The minimum absolute atomic E-state index is 0.0110. The largest absolute Gasteiger partial charge is 0.378 e. The molecule has 2 amide bonds. The Balaban J connectivity index is 1.58. The first-order valence-corrected chi connectivity index (χ1v) is 9.28. The molecule has 0 spiro atoms. The summed E-state index contributed by atoms with van der Waals surface area (Å²) in [7, 11) is 3.55. The third-order valence-electron chi connectivity index (χ3n) is 5.11. The number of hydrogen-bond donors (Lipinski definition) is 1. The van der Waals surface area contributed by atoms with E-state index in [1.165, 1.54) is 4.88 Å². The number of carbonyl (C=O) groups excluding carboxylic acids is 1. The highest BCUT2D eigenvalue weighted by Crippen LogP contribution is 2.43. The van der Waals surface area contributed by atoms with Gasteiger partial charge in [-0.25, -0.2) is 4.79 Å². The van der Waals surface area contributed by atoms with Gasteiger partial charge in [-0.3, -0.25) is 4.90 Å². The molecule has 2 aliphatic rings. The van der Waals surface area contributed by atoms with Crippen LogP contribution in [0.25, 0.3) is 0 Å². The van der Waals surface area contributed by atoms with E-state index in [4.69, 9.17) is 4.74 Å². The lowest BCUT2D eigenvalue weighted by atomic mass is 9.74. The third-order valence-corrected chi connectivity index (χ3v) is 5.97. The Morgan fingerprint density at radius 3 is 3.17 bits per heavy atom. The molecule has 1 aromatic rings. The number of amides is 2. The van der Waals surface area contributed by atoms with Crippen LogP contribution in [0.3, 0.4) is 0 Å². The van der Waals surface area contributed by atoms with Gasteiger partial charge in [0.15, 0.2) is 0 Å². The zero-order valence-electron chi connectivity index (χ0n) is 14.1. The molecule has 0 aromatic carbocycles. The van der Waals surface area contributed by atoms with Crippen LogP contribution in [0.4, 0.5) is 4.79 Å². The SMILES string of the molecule is CN(C)C(=O)NCC[C@@]12CCO[C@@H]1CCN(Cc1cccs1)C2. The Kier molecular flexibility index (Phi) is 5.24. The van der Waals surface area contributed by atoms with Gasteiger partial charge in [0.2, 0.25) is 0 Å². The second-order valence-corrected chi connectivity index (χ2v) is 7.96. The van der Waals surface area contributed by atoms with Gasteiger partial charge in [0.25, 0.3) is 0 Å². The Morgan fingerprint density at radius 2 is 2.43 bits per heavy atom. The molecule has 2 atom stereocenters. The van der Waals surface area contributed by atoms with E-state index in [2.05, 4.69) is 27.7 Å². The number of fused-ring (bicyclic) bond motifs is 1. The number of carbonyl (C=O) groups is 1. The van der Waals surface area contributed by atoms with Gasteiger partial charge in [-0.1, -0.05) is 6.07 Å². The number of likely N-dealkylation sites (tertiary alicyclic amines) is 1. The standard InChI is InChI=1S/C17H27N3O2S/c1-19(2)16(21)18-8-6-17-7-10-22-15(17)5-9-20(13-17)12-14-4-3-11-23-14/h3-4,11,15H,5-10,12-13H2,1-2H3,(H,18,21)/t15-,17+/m1/s1. The fourth-order valence-electron chi connectivity index (χ4n) is 3.84. The molecule has 0 saturated carbocycles. The lowest BCUT2D eigenvalue weighted by Crippen LogP contribution is -2.50. The summed E-state index contributed by atoms with van der Waals surface area (Å²) >= 11 is 1.83. The van der Waals surface area contributed by atoms with E-state index in [9.17, 15) is 4.79 Å². The first-order chi connectivity index (χ1) is 11.1. The van der Waals surface area contributed by atoms with Crippen LogP contribution >= 0.6 is 11.3 Å². The van der Waals surface area contributed by atoms with E-state index >= 15 is 0 Å². The van der Waals surface area contributed by atoms with Crippen molar-refractivity contribution in [3.63, 3.8) is 0 Å². The average Bonchev–Trinajstić information content (AvgIpc) is 3.16. The molecule has 1 N–H and O–H groups in total. The second kappa shape index (κ2) is 7.20. The molecule has 3 rings (SSSR count). The molecule has 23 heavy (non-hydrogen) atoms. The summed E-state index contributed by atoms with van der Waals surface area (Å²) in [4.78, 5) is 17.3. The van der Waals surface area contributed by atoms with E-state index in [1.807, 2.05) is 11.3 Å². The Labute approximate surface area is 142 Å². The summed E-state index contributed by atoms with van der Waals surface area (Å²) in [5.41, 5.74) is 0.203. The predicted molar refractivity (Wildman–Crippen MR) is 92.7 cm³/mol. The fraction of sp³-hybridized carbons (Fsp3) is 0.706. The molecule has 2 aliphatic heterocycles. The minimum Gasteiger partial charge on any atom is -0.378 e. The Hall–Kier alpha value is -1.11. The second-order valence-electron chi connectivity index (χ2n) is 6.93. The molecule has 0 aliphatic carbocycles. The summed E-state index contributed by atoms with van der Waals surface area (Å²) in [5.74, 6) is 0. The van der Waals surface area contributed by atoms with Crippen LogP contribution in [0.2, 0.25) is 0 Å². The van der Waals surface area contributed by atoms with Crippen molar-refractivity contribution in [3.05, 3.63) is 22.4 Å². The lowest BCUT2D eigenvalue weighted by Gasteiger charge is -2.44. The van der Waals surface area contributed by atoms with Crippen molar-refractivity contribution in [2.24, 2.45) is 5.41 Å². The molecule has 6 heteroatoms. The van der Waals surface area contributed by atoms with Gasteiger partial charge in [-0.2, -0.15) is 0 Å². The number of hydrogen-bond acceptors (Lipinski definition) is 4. The van der Waals surface area contributed by atoms with Crippen molar-refractivity contribution in [1.82, 2.24) is 15.1 Å². The highest BCUT2D eigenvalue weighted by molar-refractivity contribution is 7.09. The van der Waals surface area contributed by atoms with Gasteiger partial charge in [-0.15, -0.1) is 11.3 Å². The van der Waals surface area contributed by atoms with E-state index in [0.29, 0.717) is 6.10 Å². The zero-order valence-corrected chi connectivity index (χ0v) is 14.9. The van der Waals surface area contributed by atoms with Gasteiger partial charge in [0.05, 0.1) is 6.10 Å². The number of ether oxygens (including phenoxy) is 1. The Morgan fingerprint density at radius 1 is 1.57 bits per heavy atom. The van der Waals surface area contributed by atoms with Gasteiger partial charge in [0.1, 0.15) is 0 Å². The number of urea groups is 1. The van der Waals surface area contributed by atoms with Gasteiger partial charge >= 0.3 is 6.03 Å². The van der Waals surface area contributed by atoms with Crippen LogP contribution in [0.15, 0.2) is 17.5 Å². The number of piperidine rings is 1. The molecule has 0 bridgehead atoms. The van der Waals surface area contributed by atoms with Crippen molar-refractivity contribution in [2.75, 3.05) is 40.3 Å². The first kappa shape index (κ1) is 16.7. The molecule has 2 saturated heterocycles. The summed E-state index contributed by atoms with van der Waals surface area (Å²) in [6.07, 6.45) is 3.57. The van der Waals surface area contributed by atoms with Crippen LogP contribution in [0, 0.1) is 5.41 Å². The van der Waals surface area contributed by atoms with Crippen molar-refractivity contribution >= 4 is 17.4 Å². The average molecular weight is 337 g/mol. The number of nitrogens with zero attached hydrogens (tertiary/aromatic N) is 2. The number of thiophene rings is 1. The molecule has 0 unspecified atom stereocenters. The van der Waals surface area contributed by atoms with E-state index in [-0.39, 0.29) is 11.4 Å². The van der Waals surface area contributed by atoms with E-state index in [0.717, 1.165) is 52.0 Å². The number of nitrogens with one attached hydrogen (secondary N) is 1. The van der Waals surface area contributed by atoms with Crippen molar-refractivity contribution in [2.45, 2.75) is 31.9 Å². The zero-order chi connectivity index (χ0) is 16.3. The smallest absolute Gasteiger partial charge is 0.316 e.